The van der Waals surface area contributed by atoms with Crippen LogP contribution < -0.4 is 9.30 Å². The summed E-state index contributed by atoms with van der Waals surface area (Å²) in [5.41, 5.74) is 1.79. The van der Waals surface area contributed by atoms with Crippen LogP contribution in [0.15, 0.2) is 164 Å². The fraction of sp³-hybridized carbons (Fsp3) is 0.145. The van der Waals surface area contributed by atoms with Crippen molar-refractivity contribution in [2.45, 2.75) is 52.4 Å². The fourth-order valence-electron chi connectivity index (χ4n) is 7.47. The van der Waals surface area contributed by atoms with Gasteiger partial charge in [-0.25, -0.2) is 4.98 Å². The second kappa shape index (κ2) is 16.0. The number of nitrogens with zero attached hydrogens (tertiary/aromatic N) is 5. The van der Waals surface area contributed by atoms with Gasteiger partial charge in [0, 0.05) is 45.0 Å². The topological polar surface area (TPSA) is 48.8 Å². The third-order valence-corrected chi connectivity index (χ3v) is 10.6. The summed E-state index contributed by atoms with van der Waals surface area (Å²) in [4.78, 5) is 9.23. The summed E-state index contributed by atoms with van der Waals surface area (Å²) < 4.78 is 127. The van der Waals surface area contributed by atoms with E-state index in [0.717, 1.165) is 27.4 Å². The molecule has 0 saturated heterocycles. The molecule has 0 atom stereocenters. The van der Waals surface area contributed by atoms with Crippen LogP contribution >= 0.6 is 0 Å². The summed E-state index contributed by atoms with van der Waals surface area (Å²) in [6.07, 6.45) is 8.64. The summed E-state index contributed by atoms with van der Waals surface area (Å²) in [6, 6.07) is 17.9. The van der Waals surface area contributed by atoms with E-state index in [1.165, 1.54) is 4.57 Å². The molecule has 0 unspecified atom stereocenters. The molecular weight excluding hydrogens is 942 g/mol. The first kappa shape index (κ1) is 28.1. The summed E-state index contributed by atoms with van der Waals surface area (Å²) in [5.74, 6) is 1.33. The van der Waals surface area contributed by atoms with E-state index in [1.54, 1.807) is 47.4 Å². The van der Waals surface area contributed by atoms with E-state index in [1.807, 2.05) is 61.7 Å². The first-order chi connectivity index (χ1) is 34.9. The van der Waals surface area contributed by atoms with Crippen molar-refractivity contribution < 1.29 is 48.2 Å². The van der Waals surface area contributed by atoms with E-state index >= 15 is 0 Å². The van der Waals surface area contributed by atoms with Crippen LogP contribution in [0.25, 0.3) is 72.3 Å². The Hall–Kier alpha value is -6.62. The number of aromatic nitrogens is 5. The molecular formula is C55H45N5OPt-2. The number of fused-ring (bicyclic) bond motifs is 4. The molecule has 10 aromatic rings. The number of imidazole rings is 1. The number of pyridine rings is 2. The molecule has 6 aromatic carbocycles. The van der Waals surface area contributed by atoms with Crippen LogP contribution in [0.2, 0.25) is 0 Å². The van der Waals surface area contributed by atoms with E-state index in [0.29, 0.717) is 33.8 Å². The first-order valence-corrected chi connectivity index (χ1v) is 19.7. The second-order valence-electron chi connectivity index (χ2n) is 16.7. The summed E-state index contributed by atoms with van der Waals surface area (Å²) in [6.45, 7) is 12.5. The monoisotopic (exact) mass is 999 g/mol. The predicted octanol–water partition coefficient (Wildman–Crippen LogP) is 12.9. The van der Waals surface area contributed by atoms with Gasteiger partial charge < -0.3 is 13.9 Å². The average Bonchev–Trinajstić information content (AvgIpc) is 3.92. The van der Waals surface area contributed by atoms with Gasteiger partial charge in [-0.15, -0.1) is 29.7 Å². The van der Waals surface area contributed by atoms with Gasteiger partial charge in [-0.1, -0.05) is 150 Å². The standard InChI is InChI=1S/C55H45N5O.Pt/c1-54(2,3)39-26-29-57-52(32-39)60-50-34-42(24-25-46(50)47-27-28-56-35-51(47)60)61-43-31-40(55(4,5)6)30-41(33-43)58-36-59(49-23-14-13-22-48(49)58)53-44(37-16-9-7-10-17-37)20-15-21-45(53)38-18-11-8-12-19-38;/h7-32,35H,1-6H3;/q-2;/i7D,8D,9D,10D,11D,12D,15D,16D,17D,18D,19D,20D,21D;. The van der Waals surface area contributed by atoms with Crippen molar-refractivity contribution in [2.75, 3.05) is 0 Å². The number of benzene rings is 6. The van der Waals surface area contributed by atoms with Gasteiger partial charge in [0.1, 0.15) is 5.82 Å². The van der Waals surface area contributed by atoms with Crippen molar-refractivity contribution in [1.82, 2.24) is 19.1 Å². The molecule has 6 nitrogen and oxygen atoms in total. The quantitative estimate of drug-likeness (QED) is 0.118. The van der Waals surface area contributed by atoms with E-state index < -0.39 is 106 Å². The third kappa shape index (κ3) is 7.43. The van der Waals surface area contributed by atoms with E-state index in [-0.39, 0.29) is 37.9 Å². The molecule has 0 N–H and O–H groups in total. The molecule has 4 heterocycles. The molecule has 62 heavy (non-hydrogen) atoms. The van der Waals surface area contributed by atoms with Gasteiger partial charge in [0.15, 0.2) is 0 Å². The predicted molar refractivity (Wildman–Crippen MR) is 246 cm³/mol. The van der Waals surface area contributed by atoms with E-state index in [4.69, 9.17) is 24.8 Å². The number of rotatable bonds is 7. The molecule has 0 fully saturated rings. The van der Waals surface area contributed by atoms with Gasteiger partial charge in [0.25, 0.3) is 6.33 Å². The van der Waals surface area contributed by atoms with Crippen molar-refractivity contribution in [3.63, 3.8) is 0 Å². The zero-order valence-electron chi connectivity index (χ0n) is 47.5. The number of hydrogen-bond acceptors (Lipinski definition) is 3. The normalized spacial score (nSPS) is 14.8. The largest absolute Gasteiger partial charge is 0.510 e. The molecule has 10 rings (SSSR count). The van der Waals surface area contributed by atoms with Crippen molar-refractivity contribution in [3.05, 3.63) is 193 Å². The van der Waals surface area contributed by atoms with Crippen molar-refractivity contribution >= 4 is 32.8 Å². The second-order valence-corrected chi connectivity index (χ2v) is 16.7. The molecule has 0 aliphatic heterocycles. The number of ether oxygens (including phenoxy) is 1. The first-order valence-electron chi connectivity index (χ1n) is 26.2. The molecule has 0 aliphatic carbocycles. The minimum absolute atomic E-state index is 0. The van der Waals surface area contributed by atoms with Crippen LogP contribution in [0.1, 0.15) is 70.5 Å². The van der Waals surface area contributed by atoms with Crippen molar-refractivity contribution in [3.8, 4) is 50.9 Å². The molecule has 0 bridgehead atoms. The maximum absolute atomic E-state index is 9.42. The zero-order valence-corrected chi connectivity index (χ0v) is 36.8. The molecule has 0 spiro atoms. The summed E-state index contributed by atoms with van der Waals surface area (Å²) in [5, 5.41) is 1.85. The summed E-state index contributed by atoms with van der Waals surface area (Å²) in [7, 11) is 0. The van der Waals surface area contributed by atoms with Crippen molar-refractivity contribution in [2.24, 2.45) is 0 Å². The average molecular weight is 1000 g/mol. The Morgan fingerprint density at radius 1 is 0.645 bits per heavy atom. The van der Waals surface area contributed by atoms with Gasteiger partial charge in [-0.3, -0.25) is 9.55 Å². The van der Waals surface area contributed by atoms with Gasteiger partial charge in [0.2, 0.25) is 0 Å². The van der Waals surface area contributed by atoms with Crippen LogP contribution in [0.4, 0.5) is 0 Å². The number of hydrogen-bond donors (Lipinski definition) is 0. The smallest absolute Gasteiger partial charge is 0.268 e. The van der Waals surface area contributed by atoms with Gasteiger partial charge in [-0.05, 0) is 67.9 Å². The van der Waals surface area contributed by atoms with Crippen LogP contribution in [-0.2, 0) is 31.9 Å². The molecule has 308 valence electrons. The maximum Gasteiger partial charge on any atom is 0.268 e. The summed E-state index contributed by atoms with van der Waals surface area (Å²) >= 11 is 0. The van der Waals surface area contributed by atoms with Gasteiger partial charge >= 0.3 is 0 Å². The van der Waals surface area contributed by atoms with Crippen LogP contribution in [0.5, 0.6) is 11.5 Å². The van der Waals surface area contributed by atoms with Crippen molar-refractivity contribution in [1.29, 1.82) is 0 Å². The SMILES string of the molecule is [2H]c1c([2H])c([2H])c(-c2c([2H])c([2H])c([2H])c(-c3c([2H])c([2H])c([2H])c([2H])c3[2H])c2-[n+]2[c-]n(-c3[c-]c(Oc4[c-]c5c(cc4)c4ccncc4n5-c4cc(C(C)(C)C)ccn4)cc(C(C)(C)C)c3)c3ccccc32)c([2H])c1[2H].[Pt]. The number of para-hydroxylation sites is 3. The van der Waals surface area contributed by atoms with Crippen LogP contribution in [0, 0.1) is 18.5 Å². The Labute approximate surface area is 395 Å². The minimum atomic E-state index is -0.781. The van der Waals surface area contributed by atoms with Gasteiger partial charge in [0.05, 0.1) is 46.3 Å². The van der Waals surface area contributed by atoms with E-state index in [9.17, 15) is 2.74 Å². The Kier molecular flexibility index (Phi) is 7.25. The molecule has 0 radical (unpaired) electrons. The maximum atomic E-state index is 9.42. The van der Waals surface area contributed by atoms with E-state index in [2.05, 4.69) is 50.3 Å². The molecule has 0 aliphatic rings. The minimum Gasteiger partial charge on any atom is -0.510 e. The Balaban J connectivity index is 0.00000689. The third-order valence-electron chi connectivity index (χ3n) is 10.6. The molecule has 0 amide bonds. The van der Waals surface area contributed by atoms with Crippen LogP contribution in [0.3, 0.4) is 0 Å². The van der Waals surface area contributed by atoms with Gasteiger partial charge in [-0.2, -0.15) is 17.7 Å². The van der Waals surface area contributed by atoms with Crippen LogP contribution in [-0.4, -0.2) is 19.1 Å². The zero-order chi connectivity index (χ0) is 53.2. The Morgan fingerprint density at radius 3 is 2.03 bits per heavy atom. The Morgan fingerprint density at radius 2 is 1.34 bits per heavy atom. The molecule has 0 saturated carbocycles. The Bertz CT molecular complexity index is 3870. The molecule has 7 heteroatoms. The molecule has 4 aromatic heterocycles. The fourth-order valence-corrected chi connectivity index (χ4v) is 7.47.